The number of aliphatic hydroxyl groups is 1. The van der Waals surface area contributed by atoms with E-state index in [1.807, 2.05) is 43.9 Å². The van der Waals surface area contributed by atoms with Crippen molar-refractivity contribution in [2.45, 2.75) is 70.6 Å². The molecule has 3 aliphatic rings. The van der Waals surface area contributed by atoms with Gasteiger partial charge in [0.05, 0.1) is 18.7 Å². The van der Waals surface area contributed by atoms with Gasteiger partial charge in [-0.05, 0) is 45.6 Å². The minimum absolute atomic E-state index is 0.0772. The maximum Gasteiger partial charge on any atom is 0.410 e. The second-order valence-corrected chi connectivity index (χ2v) is 11.2. The average Bonchev–Trinajstić information content (AvgIpc) is 3.22. The van der Waals surface area contributed by atoms with E-state index in [1.54, 1.807) is 4.90 Å². The van der Waals surface area contributed by atoms with Gasteiger partial charge in [0.1, 0.15) is 5.60 Å². The number of carbonyl (C=O) groups excluding carboxylic acids is 2. The summed E-state index contributed by atoms with van der Waals surface area (Å²) in [6, 6.07) is 10.2. The number of hydrogen-bond donors (Lipinski definition) is 1. The molecule has 1 aromatic rings. The molecular formula is C26H39N3O4. The van der Waals surface area contributed by atoms with E-state index in [0.29, 0.717) is 39.1 Å². The van der Waals surface area contributed by atoms with Crippen LogP contribution in [0.4, 0.5) is 4.79 Å². The highest BCUT2D eigenvalue weighted by molar-refractivity contribution is 5.79. The molecule has 2 amide bonds. The number of likely N-dealkylation sites (tertiary alicyclic amines) is 1. The molecule has 7 heteroatoms. The van der Waals surface area contributed by atoms with Gasteiger partial charge in [0.15, 0.2) is 0 Å². The number of nitrogens with zero attached hydrogens (tertiary/aromatic N) is 3. The molecule has 1 N–H and O–H groups in total. The van der Waals surface area contributed by atoms with Gasteiger partial charge in [-0.2, -0.15) is 0 Å². The van der Waals surface area contributed by atoms with Gasteiger partial charge in [-0.25, -0.2) is 4.79 Å². The molecule has 0 bridgehead atoms. The Morgan fingerprint density at radius 1 is 1.06 bits per heavy atom. The van der Waals surface area contributed by atoms with Crippen LogP contribution in [0.1, 0.15) is 58.4 Å². The summed E-state index contributed by atoms with van der Waals surface area (Å²) in [4.78, 5) is 31.6. The molecule has 1 atom stereocenters. The number of piperazine rings is 1. The van der Waals surface area contributed by atoms with Crippen LogP contribution in [0, 0.1) is 5.41 Å². The quantitative estimate of drug-likeness (QED) is 0.751. The molecule has 7 nitrogen and oxygen atoms in total. The number of piperidine rings is 1. The number of amides is 2. The number of hydrogen-bond acceptors (Lipinski definition) is 5. The van der Waals surface area contributed by atoms with Crippen LogP contribution in [-0.4, -0.2) is 82.3 Å². The third-order valence-electron chi connectivity index (χ3n) is 7.59. The van der Waals surface area contributed by atoms with E-state index in [2.05, 4.69) is 17.0 Å². The van der Waals surface area contributed by atoms with Crippen molar-refractivity contribution in [1.29, 1.82) is 0 Å². The first-order valence-electron chi connectivity index (χ1n) is 12.3. The number of ether oxygens (including phenoxy) is 1. The topological polar surface area (TPSA) is 73.3 Å². The number of carbonyl (C=O) groups is 2. The standard InChI is InChI=1S/C26H39N3O4/c1-24(2,3)33-23(31)29-14-13-26(32,25(19-29)11-7-8-12-25)20-28-16-15-27(18-22(28)30)17-21-9-5-4-6-10-21/h4-6,9-10,32H,7-8,11-20H2,1-3H3. The molecule has 1 saturated carbocycles. The molecule has 1 aliphatic carbocycles. The van der Waals surface area contributed by atoms with Crippen LogP contribution in [0.5, 0.6) is 0 Å². The lowest BCUT2D eigenvalue weighted by molar-refractivity contribution is -0.161. The molecule has 182 valence electrons. The summed E-state index contributed by atoms with van der Waals surface area (Å²) in [5.41, 5.74) is -0.681. The van der Waals surface area contributed by atoms with Crippen LogP contribution in [0.25, 0.3) is 0 Å². The summed E-state index contributed by atoms with van der Waals surface area (Å²) in [6.07, 6.45) is 4.02. The highest BCUT2D eigenvalue weighted by atomic mass is 16.6. The molecule has 1 spiro atoms. The zero-order valence-electron chi connectivity index (χ0n) is 20.4. The molecule has 2 aliphatic heterocycles. The second-order valence-electron chi connectivity index (χ2n) is 11.2. The SMILES string of the molecule is CC(C)(C)OC(=O)N1CCC(O)(CN2CCN(Cc3ccccc3)CC2=O)C2(CCCC2)C1. The van der Waals surface area contributed by atoms with Crippen LogP contribution >= 0.6 is 0 Å². The molecule has 4 rings (SSSR count). The monoisotopic (exact) mass is 457 g/mol. The van der Waals surface area contributed by atoms with Crippen LogP contribution in [-0.2, 0) is 16.1 Å². The Labute approximate surface area is 197 Å². The summed E-state index contributed by atoms with van der Waals surface area (Å²) >= 11 is 0. The Morgan fingerprint density at radius 3 is 2.39 bits per heavy atom. The van der Waals surface area contributed by atoms with E-state index in [0.717, 1.165) is 38.8 Å². The van der Waals surface area contributed by atoms with Crippen molar-refractivity contribution in [2.75, 3.05) is 39.3 Å². The molecule has 2 saturated heterocycles. The second kappa shape index (κ2) is 9.26. The zero-order valence-corrected chi connectivity index (χ0v) is 20.4. The minimum atomic E-state index is -0.973. The van der Waals surface area contributed by atoms with Gasteiger partial charge in [0.2, 0.25) is 5.91 Å². The maximum atomic E-state index is 13.0. The van der Waals surface area contributed by atoms with Crippen molar-refractivity contribution < 1.29 is 19.4 Å². The lowest BCUT2D eigenvalue weighted by Crippen LogP contribution is -2.66. The first kappa shape index (κ1) is 24.0. The van der Waals surface area contributed by atoms with Crippen molar-refractivity contribution in [1.82, 2.24) is 14.7 Å². The minimum Gasteiger partial charge on any atom is -0.444 e. The molecule has 1 aromatic carbocycles. The molecule has 0 radical (unpaired) electrons. The highest BCUT2D eigenvalue weighted by Crippen LogP contribution is 2.51. The van der Waals surface area contributed by atoms with Gasteiger partial charge in [-0.3, -0.25) is 9.69 Å². The molecular weight excluding hydrogens is 418 g/mol. The third kappa shape index (κ3) is 5.35. The van der Waals surface area contributed by atoms with E-state index in [9.17, 15) is 14.7 Å². The maximum absolute atomic E-state index is 13.0. The third-order valence-corrected chi connectivity index (χ3v) is 7.59. The largest absolute Gasteiger partial charge is 0.444 e. The van der Waals surface area contributed by atoms with Gasteiger partial charge < -0.3 is 19.6 Å². The zero-order chi connectivity index (χ0) is 23.7. The van der Waals surface area contributed by atoms with E-state index in [4.69, 9.17) is 4.74 Å². The summed E-state index contributed by atoms with van der Waals surface area (Å²) in [6.45, 7) is 9.50. The Kier molecular flexibility index (Phi) is 6.74. The Balaban J connectivity index is 1.41. The first-order chi connectivity index (χ1) is 15.6. The summed E-state index contributed by atoms with van der Waals surface area (Å²) < 4.78 is 5.61. The van der Waals surface area contributed by atoms with E-state index >= 15 is 0 Å². The van der Waals surface area contributed by atoms with Crippen LogP contribution < -0.4 is 0 Å². The molecule has 3 fully saturated rings. The summed E-state index contributed by atoms with van der Waals surface area (Å²) in [5, 5.41) is 11.9. The number of rotatable bonds is 4. The number of benzene rings is 1. The fourth-order valence-electron chi connectivity index (χ4n) is 5.80. The molecule has 1 unspecified atom stereocenters. The molecule has 2 heterocycles. The predicted octanol–water partition coefficient (Wildman–Crippen LogP) is 3.26. The highest BCUT2D eigenvalue weighted by Gasteiger charge is 2.56. The Hall–Kier alpha value is -2.12. The van der Waals surface area contributed by atoms with Gasteiger partial charge in [0.25, 0.3) is 0 Å². The van der Waals surface area contributed by atoms with Gasteiger partial charge in [-0.15, -0.1) is 0 Å². The Bertz CT molecular complexity index is 847. The van der Waals surface area contributed by atoms with Crippen molar-refractivity contribution in [3.05, 3.63) is 35.9 Å². The van der Waals surface area contributed by atoms with Crippen LogP contribution in [0.3, 0.4) is 0 Å². The average molecular weight is 458 g/mol. The normalized spacial score (nSPS) is 26.1. The smallest absolute Gasteiger partial charge is 0.410 e. The lowest BCUT2D eigenvalue weighted by atomic mass is 9.65. The Morgan fingerprint density at radius 2 is 1.76 bits per heavy atom. The van der Waals surface area contributed by atoms with Crippen molar-refractivity contribution in [3.63, 3.8) is 0 Å². The fraction of sp³-hybridized carbons (Fsp3) is 0.692. The van der Waals surface area contributed by atoms with Crippen LogP contribution in [0.15, 0.2) is 30.3 Å². The van der Waals surface area contributed by atoms with E-state index in [1.165, 1.54) is 5.56 Å². The van der Waals surface area contributed by atoms with E-state index < -0.39 is 11.2 Å². The van der Waals surface area contributed by atoms with Gasteiger partial charge in [0, 0.05) is 38.1 Å². The van der Waals surface area contributed by atoms with Crippen LogP contribution in [0.2, 0.25) is 0 Å². The van der Waals surface area contributed by atoms with Crippen molar-refractivity contribution in [3.8, 4) is 0 Å². The summed E-state index contributed by atoms with van der Waals surface area (Å²) in [7, 11) is 0. The van der Waals surface area contributed by atoms with E-state index in [-0.39, 0.29) is 17.4 Å². The lowest BCUT2D eigenvalue weighted by Gasteiger charge is -2.54. The predicted molar refractivity (Wildman–Crippen MR) is 127 cm³/mol. The molecule has 0 aromatic heterocycles. The first-order valence-corrected chi connectivity index (χ1v) is 12.3. The van der Waals surface area contributed by atoms with Crippen molar-refractivity contribution >= 4 is 12.0 Å². The van der Waals surface area contributed by atoms with Crippen molar-refractivity contribution in [2.24, 2.45) is 5.41 Å². The summed E-state index contributed by atoms with van der Waals surface area (Å²) in [5.74, 6) is 0.0772. The number of β-amino-alcohol motifs (C(OH)–C–C–N with tert-alkyl or cyclic N) is 1. The fourth-order valence-corrected chi connectivity index (χ4v) is 5.80. The van der Waals surface area contributed by atoms with Gasteiger partial charge in [-0.1, -0.05) is 43.2 Å². The van der Waals surface area contributed by atoms with Gasteiger partial charge >= 0.3 is 6.09 Å². The molecule has 33 heavy (non-hydrogen) atoms.